The molecule has 1 aliphatic heterocycles. The van der Waals surface area contributed by atoms with Gasteiger partial charge in [-0.2, -0.15) is 4.31 Å². The smallest absolute Gasteiger partial charge is 0.248 e. The Morgan fingerprint density at radius 3 is 2.45 bits per heavy atom. The zero-order valence-corrected chi connectivity index (χ0v) is 12.8. The van der Waals surface area contributed by atoms with E-state index in [0.29, 0.717) is 25.1 Å². The number of sulfonamides is 1. The predicted octanol–water partition coefficient (Wildman–Crippen LogP) is 1.27. The van der Waals surface area contributed by atoms with E-state index in [9.17, 15) is 13.2 Å². The number of hydrogen-bond donors (Lipinski definition) is 1. The minimum absolute atomic E-state index is 0.355. The normalized spacial score (nSPS) is 16.8. The van der Waals surface area contributed by atoms with E-state index in [-0.39, 0.29) is 0 Å². The summed E-state index contributed by atoms with van der Waals surface area (Å²) < 4.78 is 25.6. The zero-order chi connectivity index (χ0) is 15.1. The first-order valence-corrected chi connectivity index (χ1v) is 7.98. The van der Waals surface area contributed by atoms with E-state index in [4.69, 9.17) is 5.73 Å². The van der Waals surface area contributed by atoms with E-state index >= 15 is 0 Å². The minimum Gasteiger partial charge on any atom is -0.366 e. The molecule has 5 nitrogen and oxygen atoms in total. The number of carbonyl (C=O) groups is 1. The Morgan fingerprint density at radius 1 is 1.25 bits per heavy atom. The highest BCUT2D eigenvalue weighted by Crippen LogP contribution is 2.27. The summed E-state index contributed by atoms with van der Waals surface area (Å²) in [4.78, 5) is 11.2. The number of benzene rings is 1. The van der Waals surface area contributed by atoms with Crippen molar-refractivity contribution in [1.29, 1.82) is 0 Å². The number of carbonyl (C=O) groups excluding carboxylic acids is 1. The number of fused-ring (bicyclic) bond motifs is 1. The molecule has 0 aromatic heterocycles. The lowest BCUT2D eigenvalue weighted by molar-refractivity contribution is 0.1000. The fraction of sp³-hybridized carbons (Fsp3) is 0.500. The fourth-order valence-electron chi connectivity index (χ4n) is 2.27. The average molecular weight is 296 g/mol. The van der Waals surface area contributed by atoms with E-state index < -0.39 is 20.7 Å². The van der Waals surface area contributed by atoms with Crippen LogP contribution in [0.2, 0.25) is 0 Å². The third kappa shape index (κ3) is 2.58. The predicted molar refractivity (Wildman–Crippen MR) is 77.7 cm³/mol. The molecule has 1 aromatic rings. The van der Waals surface area contributed by atoms with Crippen LogP contribution in [-0.4, -0.2) is 29.9 Å². The Kier molecular flexibility index (Phi) is 3.64. The lowest BCUT2D eigenvalue weighted by Crippen LogP contribution is -2.45. The molecule has 0 aliphatic carbocycles. The van der Waals surface area contributed by atoms with Crippen LogP contribution < -0.4 is 5.73 Å². The lowest BCUT2D eigenvalue weighted by atomic mass is 9.98. The highest BCUT2D eigenvalue weighted by Gasteiger charge is 2.36. The number of rotatable bonds is 2. The van der Waals surface area contributed by atoms with Crippen molar-refractivity contribution in [3.05, 3.63) is 34.9 Å². The molecule has 0 unspecified atom stereocenters. The number of amides is 1. The summed E-state index contributed by atoms with van der Waals surface area (Å²) in [5.41, 5.74) is 7.66. The Labute approximate surface area is 119 Å². The first-order valence-electron chi connectivity index (χ1n) is 6.54. The molecular weight excluding hydrogens is 276 g/mol. The van der Waals surface area contributed by atoms with Crippen LogP contribution in [0.3, 0.4) is 0 Å². The number of nitrogens with two attached hydrogens (primary N) is 1. The number of primary amides is 1. The average Bonchev–Trinajstić information content (AvgIpc) is 2.36. The van der Waals surface area contributed by atoms with Gasteiger partial charge in [-0.25, -0.2) is 8.42 Å². The van der Waals surface area contributed by atoms with Gasteiger partial charge >= 0.3 is 0 Å². The molecule has 20 heavy (non-hydrogen) atoms. The highest BCUT2D eigenvalue weighted by atomic mass is 32.2. The molecular formula is C14H20N2O3S. The molecule has 1 aliphatic rings. The monoisotopic (exact) mass is 296 g/mol. The molecule has 0 atom stereocenters. The summed E-state index contributed by atoms with van der Waals surface area (Å²) >= 11 is 0. The second-order valence-corrected chi connectivity index (χ2v) is 8.74. The Bertz CT molecular complexity index is 645. The van der Waals surface area contributed by atoms with Gasteiger partial charge < -0.3 is 5.73 Å². The van der Waals surface area contributed by atoms with Gasteiger partial charge in [0.05, 0.1) is 4.75 Å². The van der Waals surface area contributed by atoms with E-state index in [1.165, 1.54) is 4.31 Å². The third-order valence-electron chi connectivity index (χ3n) is 3.58. The summed E-state index contributed by atoms with van der Waals surface area (Å²) in [6.45, 7) is 5.90. The number of nitrogens with zero attached hydrogens (tertiary/aromatic N) is 1. The van der Waals surface area contributed by atoms with Gasteiger partial charge in [0, 0.05) is 18.7 Å². The first kappa shape index (κ1) is 15.0. The van der Waals surface area contributed by atoms with E-state index in [1.54, 1.807) is 39.0 Å². The molecule has 2 N–H and O–H groups in total. The largest absolute Gasteiger partial charge is 0.366 e. The lowest BCUT2D eigenvalue weighted by Gasteiger charge is -2.33. The molecule has 6 heteroatoms. The second kappa shape index (κ2) is 4.86. The van der Waals surface area contributed by atoms with Gasteiger partial charge in [0.2, 0.25) is 15.9 Å². The molecule has 0 bridgehead atoms. The molecule has 0 saturated heterocycles. The summed E-state index contributed by atoms with van der Waals surface area (Å²) in [6, 6.07) is 5.20. The van der Waals surface area contributed by atoms with Crippen molar-refractivity contribution >= 4 is 15.9 Å². The van der Waals surface area contributed by atoms with E-state index in [0.717, 1.165) is 11.1 Å². The van der Waals surface area contributed by atoms with Gasteiger partial charge in [0.25, 0.3) is 0 Å². The van der Waals surface area contributed by atoms with Gasteiger partial charge in [0.15, 0.2) is 0 Å². The van der Waals surface area contributed by atoms with Gasteiger partial charge in [-0.05, 0) is 50.5 Å². The quantitative estimate of drug-likeness (QED) is 0.892. The molecule has 1 aromatic carbocycles. The van der Waals surface area contributed by atoms with Gasteiger partial charge in [-0.1, -0.05) is 6.07 Å². The molecule has 1 amide bonds. The standard InChI is InChI=1S/C14H20N2O3S/c1-14(2,3)20(18,19)16-7-6-10-8-11(13(15)17)4-5-12(10)9-16/h4-5,8H,6-7,9H2,1-3H3,(H2,15,17). The molecule has 0 spiro atoms. The van der Waals surface area contributed by atoms with Crippen molar-refractivity contribution in [2.75, 3.05) is 6.54 Å². The van der Waals surface area contributed by atoms with Crippen LogP contribution in [0, 0.1) is 0 Å². The van der Waals surface area contributed by atoms with Crippen molar-refractivity contribution in [3.63, 3.8) is 0 Å². The van der Waals surface area contributed by atoms with Crippen LogP contribution in [-0.2, 0) is 23.0 Å². The molecule has 2 rings (SSSR count). The number of hydrogen-bond acceptors (Lipinski definition) is 3. The maximum Gasteiger partial charge on any atom is 0.248 e. The van der Waals surface area contributed by atoms with E-state index in [1.807, 2.05) is 0 Å². The van der Waals surface area contributed by atoms with Crippen molar-refractivity contribution in [3.8, 4) is 0 Å². The Hall–Kier alpha value is -1.40. The first-order chi connectivity index (χ1) is 9.13. The van der Waals surface area contributed by atoms with Gasteiger partial charge in [0.1, 0.15) is 0 Å². The second-order valence-electron chi connectivity index (χ2n) is 6.05. The Balaban J connectivity index is 2.31. The van der Waals surface area contributed by atoms with Crippen molar-refractivity contribution < 1.29 is 13.2 Å². The maximum atomic E-state index is 12.4. The zero-order valence-electron chi connectivity index (χ0n) is 12.0. The molecule has 0 fully saturated rings. The van der Waals surface area contributed by atoms with Crippen molar-refractivity contribution in [2.24, 2.45) is 5.73 Å². The molecule has 0 radical (unpaired) electrons. The molecule has 110 valence electrons. The van der Waals surface area contributed by atoms with Crippen LogP contribution >= 0.6 is 0 Å². The van der Waals surface area contributed by atoms with Crippen LogP contribution in [0.1, 0.15) is 42.3 Å². The highest BCUT2D eigenvalue weighted by molar-refractivity contribution is 7.90. The summed E-state index contributed by atoms with van der Waals surface area (Å²) in [6.07, 6.45) is 0.603. The summed E-state index contributed by atoms with van der Waals surface area (Å²) in [7, 11) is -3.33. The summed E-state index contributed by atoms with van der Waals surface area (Å²) in [5.74, 6) is -0.461. The van der Waals surface area contributed by atoms with Crippen molar-refractivity contribution in [2.45, 2.75) is 38.5 Å². The SMILES string of the molecule is CC(C)(C)S(=O)(=O)N1CCc2cc(C(N)=O)ccc2C1. The minimum atomic E-state index is -3.33. The summed E-state index contributed by atoms with van der Waals surface area (Å²) in [5, 5.41) is 0. The van der Waals surface area contributed by atoms with Crippen LogP contribution in [0.5, 0.6) is 0 Å². The molecule has 1 heterocycles. The van der Waals surface area contributed by atoms with Crippen LogP contribution in [0.25, 0.3) is 0 Å². The third-order valence-corrected chi connectivity index (χ3v) is 6.12. The van der Waals surface area contributed by atoms with Gasteiger partial charge in [-0.15, -0.1) is 0 Å². The van der Waals surface area contributed by atoms with E-state index in [2.05, 4.69) is 0 Å². The van der Waals surface area contributed by atoms with Crippen LogP contribution in [0.15, 0.2) is 18.2 Å². The Morgan fingerprint density at radius 2 is 1.90 bits per heavy atom. The van der Waals surface area contributed by atoms with Gasteiger partial charge in [-0.3, -0.25) is 4.79 Å². The maximum absolute atomic E-state index is 12.4. The molecule has 0 saturated carbocycles. The fourth-order valence-corrected chi connectivity index (χ4v) is 3.69. The van der Waals surface area contributed by atoms with Crippen molar-refractivity contribution in [1.82, 2.24) is 4.31 Å². The van der Waals surface area contributed by atoms with Crippen LogP contribution in [0.4, 0.5) is 0 Å². The topological polar surface area (TPSA) is 80.5 Å².